The van der Waals surface area contributed by atoms with E-state index in [9.17, 15) is 9.18 Å². The van der Waals surface area contributed by atoms with Crippen molar-refractivity contribution in [2.24, 2.45) is 0 Å². The molecule has 1 radical (unpaired) electrons. The van der Waals surface area contributed by atoms with E-state index in [2.05, 4.69) is 0 Å². The minimum Gasteiger partial charge on any atom is -0.488 e. The van der Waals surface area contributed by atoms with Crippen LogP contribution in [0.25, 0.3) is 0 Å². The molecule has 0 amide bonds. The van der Waals surface area contributed by atoms with Crippen LogP contribution in [0.5, 0.6) is 5.75 Å². The van der Waals surface area contributed by atoms with Crippen molar-refractivity contribution in [3.8, 4) is 5.75 Å². The quantitative estimate of drug-likeness (QED) is 0.804. The van der Waals surface area contributed by atoms with E-state index in [4.69, 9.17) is 4.74 Å². The molecular formula is C15H12FO2. The monoisotopic (exact) mass is 243 g/mol. The predicted octanol–water partition coefficient (Wildman–Crippen LogP) is 3.39. The summed E-state index contributed by atoms with van der Waals surface area (Å²) in [6.07, 6.45) is -0.444. The highest BCUT2D eigenvalue weighted by atomic mass is 19.1. The van der Waals surface area contributed by atoms with Crippen LogP contribution in [0.2, 0.25) is 0 Å². The van der Waals surface area contributed by atoms with Crippen molar-refractivity contribution in [1.29, 1.82) is 0 Å². The molecule has 0 aliphatic rings. The molecule has 0 aliphatic carbocycles. The fourth-order valence-corrected chi connectivity index (χ4v) is 1.62. The van der Waals surface area contributed by atoms with Gasteiger partial charge in [-0.15, -0.1) is 0 Å². The van der Waals surface area contributed by atoms with Gasteiger partial charge in [0.05, 0.1) is 0 Å². The lowest BCUT2D eigenvalue weighted by Gasteiger charge is -2.11. The second-order valence-electron chi connectivity index (χ2n) is 3.79. The molecule has 91 valence electrons. The minimum absolute atomic E-state index is 0.212. The zero-order valence-corrected chi connectivity index (χ0v) is 9.68. The molecule has 0 spiro atoms. The summed E-state index contributed by atoms with van der Waals surface area (Å²) < 4.78 is 18.9. The summed E-state index contributed by atoms with van der Waals surface area (Å²) >= 11 is 0. The van der Waals surface area contributed by atoms with Gasteiger partial charge in [-0.05, 0) is 11.6 Å². The minimum atomic E-state index is -1.77. The van der Waals surface area contributed by atoms with Crippen LogP contribution in [0.3, 0.4) is 0 Å². The zero-order valence-electron chi connectivity index (χ0n) is 9.68. The predicted molar refractivity (Wildman–Crippen MR) is 66.8 cm³/mol. The first-order valence-electron chi connectivity index (χ1n) is 5.58. The molecule has 18 heavy (non-hydrogen) atoms. The van der Waals surface area contributed by atoms with Gasteiger partial charge >= 0.3 is 0 Å². The fourth-order valence-electron chi connectivity index (χ4n) is 1.62. The maximum absolute atomic E-state index is 13.3. The molecule has 3 heteroatoms. The topological polar surface area (TPSA) is 26.3 Å². The summed E-state index contributed by atoms with van der Waals surface area (Å²) in [4.78, 5) is 10.4. The molecule has 1 unspecified atom stereocenters. The van der Waals surface area contributed by atoms with Crippen LogP contribution in [0, 0.1) is 0 Å². The fraction of sp³-hybridized carbons (Fsp3) is 0.133. The van der Waals surface area contributed by atoms with Crippen LogP contribution in [-0.2, 0) is 11.4 Å². The molecule has 0 aliphatic heterocycles. The van der Waals surface area contributed by atoms with Crippen molar-refractivity contribution in [2.75, 3.05) is 0 Å². The number of para-hydroxylation sites is 1. The van der Waals surface area contributed by atoms with Crippen LogP contribution < -0.4 is 4.74 Å². The van der Waals surface area contributed by atoms with E-state index in [1.165, 1.54) is 12.4 Å². The average molecular weight is 243 g/mol. The molecule has 0 saturated carbocycles. The number of carbonyl (C=O) groups excluding carboxylic acids is 1. The van der Waals surface area contributed by atoms with Gasteiger partial charge in [0.25, 0.3) is 0 Å². The maximum Gasteiger partial charge on any atom is 0.240 e. The highest BCUT2D eigenvalue weighted by Gasteiger charge is 2.14. The standard InChI is InChI=1S/C15H12FO2/c16-14(10-17)13-8-4-5-9-15(13)18-11-12-6-2-1-3-7-12/h1-9,14H,11H2. The average Bonchev–Trinajstić information content (AvgIpc) is 2.45. The highest BCUT2D eigenvalue weighted by Crippen LogP contribution is 2.26. The summed E-state index contributed by atoms with van der Waals surface area (Å²) in [5.74, 6) is 0.372. The Morgan fingerprint density at radius 3 is 2.44 bits per heavy atom. The Morgan fingerprint density at radius 1 is 1.06 bits per heavy atom. The van der Waals surface area contributed by atoms with Gasteiger partial charge in [-0.25, -0.2) is 4.39 Å². The van der Waals surface area contributed by atoms with E-state index in [-0.39, 0.29) is 5.56 Å². The number of hydrogen-bond donors (Lipinski definition) is 0. The van der Waals surface area contributed by atoms with Crippen molar-refractivity contribution in [3.63, 3.8) is 0 Å². The van der Waals surface area contributed by atoms with Crippen LogP contribution in [-0.4, -0.2) is 6.29 Å². The molecule has 0 aromatic heterocycles. The zero-order chi connectivity index (χ0) is 12.8. The smallest absolute Gasteiger partial charge is 0.240 e. The van der Waals surface area contributed by atoms with Gasteiger partial charge in [0.2, 0.25) is 6.29 Å². The van der Waals surface area contributed by atoms with E-state index in [0.29, 0.717) is 12.4 Å². The Hall–Kier alpha value is -2.16. The van der Waals surface area contributed by atoms with Gasteiger partial charge in [0, 0.05) is 5.56 Å². The maximum atomic E-state index is 13.3. The number of hydrogen-bond acceptors (Lipinski definition) is 2. The molecule has 0 N–H and O–H groups in total. The van der Waals surface area contributed by atoms with Gasteiger partial charge < -0.3 is 4.74 Å². The molecule has 2 rings (SSSR count). The van der Waals surface area contributed by atoms with Gasteiger partial charge in [0.1, 0.15) is 12.4 Å². The molecule has 2 aromatic carbocycles. The van der Waals surface area contributed by atoms with E-state index in [1.807, 2.05) is 30.3 Å². The van der Waals surface area contributed by atoms with Crippen LogP contribution >= 0.6 is 0 Å². The number of alkyl halides is 1. The first-order chi connectivity index (χ1) is 8.81. The van der Waals surface area contributed by atoms with Crippen LogP contribution in [0.15, 0.2) is 54.6 Å². The third kappa shape index (κ3) is 2.94. The van der Waals surface area contributed by atoms with Crippen LogP contribution in [0.4, 0.5) is 4.39 Å². The lowest BCUT2D eigenvalue weighted by molar-refractivity contribution is 0.294. The second-order valence-corrected chi connectivity index (χ2v) is 3.79. The Labute approximate surface area is 105 Å². The Balaban J connectivity index is 2.12. The number of rotatable bonds is 5. The van der Waals surface area contributed by atoms with Gasteiger partial charge in [0.15, 0.2) is 6.17 Å². The van der Waals surface area contributed by atoms with Crippen LogP contribution in [0.1, 0.15) is 17.3 Å². The molecular weight excluding hydrogens is 231 g/mol. The molecule has 0 fully saturated rings. The summed E-state index contributed by atoms with van der Waals surface area (Å²) in [6.45, 7) is 0.337. The molecule has 2 aromatic rings. The van der Waals surface area contributed by atoms with Crippen molar-refractivity contribution >= 4 is 6.29 Å². The summed E-state index contributed by atoms with van der Waals surface area (Å²) in [6, 6.07) is 16.1. The molecule has 2 nitrogen and oxygen atoms in total. The van der Waals surface area contributed by atoms with Gasteiger partial charge in [-0.1, -0.05) is 48.5 Å². The molecule has 0 bridgehead atoms. The third-order valence-corrected chi connectivity index (χ3v) is 2.53. The van der Waals surface area contributed by atoms with Gasteiger partial charge in [-0.2, -0.15) is 0 Å². The number of benzene rings is 2. The lowest BCUT2D eigenvalue weighted by atomic mass is 10.1. The van der Waals surface area contributed by atoms with E-state index >= 15 is 0 Å². The van der Waals surface area contributed by atoms with Crippen molar-refractivity contribution < 1.29 is 13.9 Å². The van der Waals surface area contributed by atoms with E-state index in [0.717, 1.165) is 5.56 Å². The second kappa shape index (κ2) is 5.96. The Bertz CT molecular complexity index is 511. The lowest BCUT2D eigenvalue weighted by Crippen LogP contribution is -2.01. The summed E-state index contributed by atoms with van der Waals surface area (Å²) in [7, 11) is 0. The first kappa shape index (κ1) is 12.3. The highest BCUT2D eigenvalue weighted by molar-refractivity contribution is 5.62. The summed E-state index contributed by atoms with van der Waals surface area (Å²) in [5.41, 5.74) is 1.20. The largest absolute Gasteiger partial charge is 0.488 e. The van der Waals surface area contributed by atoms with Crippen molar-refractivity contribution in [2.45, 2.75) is 12.8 Å². The van der Waals surface area contributed by atoms with Crippen molar-refractivity contribution in [3.05, 3.63) is 65.7 Å². The van der Waals surface area contributed by atoms with E-state index in [1.54, 1.807) is 18.2 Å². The third-order valence-electron chi connectivity index (χ3n) is 2.53. The van der Waals surface area contributed by atoms with Gasteiger partial charge in [-0.3, -0.25) is 4.79 Å². The Morgan fingerprint density at radius 2 is 1.72 bits per heavy atom. The normalized spacial score (nSPS) is 11.8. The summed E-state index contributed by atoms with van der Waals surface area (Å²) in [5, 5.41) is 0. The number of halogens is 1. The first-order valence-corrected chi connectivity index (χ1v) is 5.58. The molecule has 0 heterocycles. The SMILES string of the molecule is O=[C]C(F)c1ccccc1OCc1ccccc1. The molecule has 0 saturated heterocycles. The molecule has 1 atom stereocenters. The van der Waals surface area contributed by atoms with E-state index < -0.39 is 6.17 Å². The Kier molecular flexibility index (Phi) is 4.07. The number of ether oxygens (including phenoxy) is 1. The van der Waals surface area contributed by atoms with Crippen molar-refractivity contribution in [1.82, 2.24) is 0 Å².